The zero-order valence-corrected chi connectivity index (χ0v) is 24.5. The third-order valence-electron chi connectivity index (χ3n) is 6.44. The van der Waals surface area contributed by atoms with Crippen LogP contribution in [0.4, 0.5) is 18.0 Å². The topological polar surface area (TPSA) is 91.1 Å². The summed E-state index contributed by atoms with van der Waals surface area (Å²) in [5.41, 5.74) is 8.24. The summed E-state index contributed by atoms with van der Waals surface area (Å²) in [7, 11) is 1.61. The molecule has 3 amide bonds. The molecule has 0 radical (unpaired) electrons. The Morgan fingerprint density at radius 1 is 1.14 bits per heavy atom. The first kappa shape index (κ1) is 32.6. The molecule has 8 nitrogen and oxygen atoms in total. The lowest BCUT2D eigenvalue weighted by Gasteiger charge is -2.41. The maximum absolute atomic E-state index is 13.5. The van der Waals surface area contributed by atoms with Crippen molar-refractivity contribution in [2.75, 3.05) is 26.7 Å². The van der Waals surface area contributed by atoms with Crippen molar-refractivity contribution >= 4 is 23.9 Å². The van der Waals surface area contributed by atoms with Crippen LogP contribution in [-0.2, 0) is 17.8 Å². The molecule has 1 atom stereocenters. The van der Waals surface area contributed by atoms with Gasteiger partial charge in [0, 0.05) is 43.8 Å². The fourth-order valence-corrected chi connectivity index (χ4v) is 5.33. The predicted octanol–water partition coefficient (Wildman–Crippen LogP) is 5.44. The zero-order chi connectivity index (χ0) is 30.7. The van der Waals surface area contributed by atoms with Crippen molar-refractivity contribution in [1.29, 1.82) is 0 Å². The van der Waals surface area contributed by atoms with Crippen molar-refractivity contribution in [3.63, 3.8) is 0 Å². The number of hydrogen-bond acceptors (Lipinski definition) is 6. The molecule has 1 fully saturated rings. The summed E-state index contributed by atoms with van der Waals surface area (Å²) < 4.78 is 43.5. The molecule has 3 rings (SSSR count). The summed E-state index contributed by atoms with van der Waals surface area (Å²) in [6.07, 6.45) is 3.33. The van der Waals surface area contributed by atoms with Crippen LogP contribution in [0.2, 0.25) is 0 Å². The Morgan fingerprint density at radius 2 is 1.81 bits per heavy atom. The van der Waals surface area contributed by atoms with E-state index in [0.717, 1.165) is 18.4 Å². The molecule has 0 saturated carbocycles. The lowest BCUT2D eigenvalue weighted by atomic mass is 10.1. The quantitative estimate of drug-likeness (QED) is 0.263. The van der Waals surface area contributed by atoms with Gasteiger partial charge in [-0.3, -0.25) is 9.69 Å². The van der Waals surface area contributed by atoms with Crippen LogP contribution >= 0.6 is 11.9 Å². The van der Waals surface area contributed by atoms with Gasteiger partial charge in [-0.25, -0.2) is 9.10 Å². The largest absolute Gasteiger partial charge is 0.573 e. The van der Waals surface area contributed by atoms with Gasteiger partial charge in [0.1, 0.15) is 11.8 Å². The number of rotatable bonds is 11. The fourth-order valence-electron chi connectivity index (χ4n) is 4.34. The summed E-state index contributed by atoms with van der Waals surface area (Å²) in [6.45, 7) is 6.86. The highest BCUT2D eigenvalue weighted by molar-refractivity contribution is 7.97. The summed E-state index contributed by atoms with van der Waals surface area (Å²) in [5.74, 6) is -0.611. The second-order valence-electron chi connectivity index (χ2n) is 9.53. The van der Waals surface area contributed by atoms with E-state index in [4.69, 9.17) is 5.73 Å². The SMILES string of the molecule is C=C/C=C(\C=C/N)N(C)C(=O)N1CCN(Sc2ccc(OC(F)(F)F)cc2)[C@@H](C(=O)NCc2ccc(CCC)cc2)C1. The van der Waals surface area contributed by atoms with Crippen LogP contribution < -0.4 is 15.8 Å². The third-order valence-corrected chi connectivity index (χ3v) is 7.60. The molecule has 0 unspecified atom stereocenters. The normalized spacial score (nSPS) is 16.4. The Bertz CT molecular complexity index is 1270. The van der Waals surface area contributed by atoms with E-state index in [0.29, 0.717) is 30.2 Å². The predicted molar refractivity (Wildman–Crippen MR) is 158 cm³/mol. The van der Waals surface area contributed by atoms with Crippen LogP contribution in [0.1, 0.15) is 24.5 Å². The number of alkyl halides is 3. The van der Waals surface area contributed by atoms with Crippen LogP contribution in [0, 0.1) is 0 Å². The molecule has 1 saturated heterocycles. The highest BCUT2D eigenvalue weighted by Crippen LogP contribution is 2.31. The Kier molecular flexibility index (Phi) is 11.9. The molecule has 2 aromatic rings. The summed E-state index contributed by atoms with van der Waals surface area (Å²) in [4.78, 5) is 30.5. The van der Waals surface area contributed by atoms with Gasteiger partial charge >= 0.3 is 12.4 Å². The molecule has 42 heavy (non-hydrogen) atoms. The first-order valence-electron chi connectivity index (χ1n) is 13.4. The number of urea groups is 1. The molecule has 3 N–H and O–H groups in total. The van der Waals surface area contributed by atoms with Crippen LogP contribution in [0.15, 0.2) is 90.1 Å². The van der Waals surface area contributed by atoms with Crippen LogP contribution in [0.5, 0.6) is 5.75 Å². The van der Waals surface area contributed by atoms with Crippen LogP contribution in [0.25, 0.3) is 0 Å². The summed E-state index contributed by atoms with van der Waals surface area (Å²) >= 11 is 1.23. The van der Waals surface area contributed by atoms with Gasteiger partial charge in [-0.1, -0.05) is 50.3 Å². The Morgan fingerprint density at radius 3 is 2.40 bits per heavy atom. The van der Waals surface area contributed by atoms with Crippen LogP contribution in [0.3, 0.4) is 0 Å². The molecule has 226 valence electrons. The van der Waals surface area contributed by atoms with Crippen molar-refractivity contribution in [2.24, 2.45) is 5.73 Å². The number of piperazine rings is 1. The number of nitrogens with zero attached hydrogens (tertiary/aromatic N) is 3. The number of amides is 3. The van der Waals surface area contributed by atoms with Crippen molar-refractivity contribution in [3.05, 3.63) is 96.4 Å². The number of aryl methyl sites for hydroxylation is 1. The van der Waals surface area contributed by atoms with E-state index in [2.05, 4.69) is 23.6 Å². The molecular weight excluding hydrogens is 567 g/mol. The van der Waals surface area contributed by atoms with E-state index in [-0.39, 0.29) is 24.2 Å². The fraction of sp³-hybridized carbons (Fsp3) is 0.333. The number of carbonyl (C=O) groups is 2. The lowest BCUT2D eigenvalue weighted by Crippen LogP contribution is -2.59. The minimum absolute atomic E-state index is 0.0976. The molecule has 1 aliphatic heterocycles. The zero-order valence-electron chi connectivity index (χ0n) is 23.6. The molecule has 1 heterocycles. The summed E-state index contributed by atoms with van der Waals surface area (Å²) in [5, 5.41) is 2.98. The summed E-state index contributed by atoms with van der Waals surface area (Å²) in [6, 6.07) is 12.4. The number of halogens is 3. The van der Waals surface area contributed by atoms with Gasteiger partial charge in [-0.15, -0.1) is 13.2 Å². The Hall–Kier alpha value is -3.90. The molecule has 0 aromatic heterocycles. The molecule has 1 aliphatic rings. The van der Waals surface area contributed by atoms with E-state index in [1.165, 1.54) is 52.9 Å². The van der Waals surface area contributed by atoms with E-state index in [1.807, 2.05) is 28.6 Å². The Balaban J connectivity index is 1.77. The molecular formula is C30H36F3N5O3S. The average molecular weight is 604 g/mol. The number of nitrogens with two attached hydrogens (primary N) is 1. The van der Waals surface area contributed by atoms with Crippen molar-refractivity contribution in [2.45, 2.75) is 43.6 Å². The monoisotopic (exact) mass is 603 g/mol. The van der Waals surface area contributed by atoms with Gasteiger partial charge in [0.05, 0.1) is 0 Å². The van der Waals surface area contributed by atoms with E-state index >= 15 is 0 Å². The smallest absolute Gasteiger partial charge is 0.406 e. The van der Waals surface area contributed by atoms with E-state index in [9.17, 15) is 22.8 Å². The number of hydrogen-bond donors (Lipinski definition) is 2. The van der Waals surface area contributed by atoms with E-state index < -0.39 is 12.4 Å². The number of allylic oxidation sites excluding steroid dienone is 3. The highest BCUT2D eigenvalue weighted by Gasteiger charge is 2.36. The van der Waals surface area contributed by atoms with Gasteiger partial charge in [-0.05, 0) is 72.1 Å². The molecule has 0 aliphatic carbocycles. The minimum Gasteiger partial charge on any atom is -0.406 e. The van der Waals surface area contributed by atoms with Crippen molar-refractivity contribution < 1.29 is 27.5 Å². The van der Waals surface area contributed by atoms with Gasteiger partial charge in [-0.2, -0.15) is 0 Å². The lowest BCUT2D eigenvalue weighted by molar-refractivity contribution is -0.274. The average Bonchev–Trinajstić information content (AvgIpc) is 2.96. The number of likely N-dealkylation sites (N-methyl/N-ethyl adjacent to an activating group) is 1. The second kappa shape index (κ2) is 15.4. The maximum Gasteiger partial charge on any atom is 0.573 e. The van der Waals surface area contributed by atoms with Crippen LogP contribution in [-0.4, -0.2) is 65.1 Å². The van der Waals surface area contributed by atoms with Crippen molar-refractivity contribution in [1.82, 2.24) is 19.4 Å². The minimum atomic E-state index is -4.79. The number of benzene rings is 2. The highest BCUT2D eigenvalue weighted by atomic mass is 32.2. The first-order chi connectivity index (χ1) is 20.0. The Labute approximate surface area is 248 Å². The van der Waals surface area contributed by atoms with Gasteiger partial charge in [0.25, 0.3) is 0 Å². The molecule has 2 aromatic carbocycles. The number of carbonyl (C=O) groups excluding carboxylic acids is 2. The van der Waals surface area contributed by atoms with E-state index in [1.54, 1.807) is 30.2 Å². The third kappa shape index (κ3) is 9.59. The molecule has 0 spiro atoms. The van der Waals surface area contributed by atoms with Gasteiger partial charge < -0.3 is 20.7 Å². The van der Waals surface area contributed by atoms with Gasteiger partial charge in [0.15, 0.2) is 0 Å². The van der Waals surface area contributed by atoms with Gasteiger partial charge in [0.2, 0.25) is 5.91 Å². The number of ether oxygens (including phenoxy) is 1. The standard InChI is InChI=1S/C30H36F3N5O3S/c1-4-6-22-8-10-23(11-9-22)20-35-28(39)27-21-37(29(40)36(3)24(7-5-2)16-17-34)18-19-38(27)42-26-14-12-25(13-15-26)41-30(31,32)33/h5,7-17,27H,2,4,6,18-21,34H2,1,3H3,(H,35,39)/b17-16-,24-7+/t27-/m1/s1. The number of nitrogens with one attached hydrogen (secondary N) is 1. The molecule has 0 bridgehead atoms. The maximum atomic E-state index is 13.5. The second-order valence-corrected chi connectivity index (χ2v) is 10.6. The first-order valence-corrected chi connectivity index (χ1v) is 14.2. The van der Waals surface area contributed by atoms with Crippen molar-refractivity contribution in [3.8, 4) is 5.75 Å². The molecule has 12 heteroatoms.